The zero-order valence-corrected chi connectivity index (χ0v) is 18.5. The zero-order valence-electron chi connectivity index (χ0n) is 18.5. The number of nitro groups is 1. The summed E-state index contributed by atoms with van der Waals surface area (Å²) in [6.45, 7) is 5.78. The van der Waals surface area contributed by atoms with E-state index >= 15 is 0 Å². The largest absolute Gasteiger partial charge is 0.466 e. The Kier molecular flexibility index (Phi) is 7.66. The van der Waals surface area contributed by atoms with Gasteiger partial charge in [-0.15, -0.1) is 0 Å². The molecule has 2 aliphatic heterocycles. The Hall–Kier alpha value is -3.17. The third-order valence-corrected chi connectivity index (χ3v) is 5.91. The van der Waals surface area contributed by atoms with Gasteiger partial charge in [-0.2, -0.15) is 0 Å². The summed E-state index contributed by atoms with van der Waals surface area (Å²) in [7, 11) is 0. The van der Waals surface area contributed by atoms with Crippen LogP contribution in [-0.2, 0) is 19.1 Å². The summed E-state index contributed by atoms with van der Waals surface area (Å²) >= 11 is 0. The van der Waals surface area contributed by atoms with Gasteiger partial charge in [0.1, 0.15) is 5.69 Å². The van der Waals surface area contributed by atoms with Crippen LogP contribution in [0.25, 0.3) is 0 Å². The first-order chi connectivity index (χ1) is 15.3. The van der Waals surface area contributed by atoms with Crippen LogP contribution in [0, 0.1) is 16.0 Å². The van der Waals surface area contributed by atoms with Crippen molar-refractivity contribution in [1.29, 1.82) is 0 Å². The highest BCUT2D eigenvalue weighted by Crippen LogP contribution is 2.32. The lowest BCUT2D eigenvalue weighted by molar-refractivity contribution is -0.384. The van der Waals surface area contributed by atoms with Crippen molar-refractivity contribution in [3.63, 3.8) is 0 Å². The van der Waals surface area contributed by atoms with Crippen LogP contribution in [0.1, 0.15) is 49.9 Å². The second-order valence-corrected chi connectivity index (χ2v) is 8.05. The first-order valence-electron chi connectivity index (χ1n) is 11.0. The lowest BCUT2D eigenvalue weighted by Crippen LogP contribution is -2.45. The van der Waals surface area contributed by atoms with Crippen molar-refractivity contribution in [2.24, 2.45) is 5.92 Å². The number of hydrogen-bond acceptors (Lipinski definition) is 8. The molecule has 32 heavy (non-hydrogen) atoms. The van der Waals surface area contributed by atoms with Crippen LogP contribution >= 0.6 is 0 Å². The van der Waals surface area contributed by atoms with Gasteiger partial charge in [0.25, 0.3) is 11.6 Å². The van der Waals surface area contributed by atoms with E-state index < -0.39 is 17.0 Å². The van der Waals surface area contributed by atoms with E-state index in [1.807, 2.05) is 4.90 Å². The predicted molar refractivity (Wildman–Crippen MR) is 115 cm³/mol. The molecule has 1 amide bonds. The molecule has 1 atom stereocenters. The van der Waals surface area contributed by atoms with Crippen LogP contribution in [0.15, 0.2) is 18.2 Å². The number of piperidine rings is 1. The minimum Gasteiger partial charge on any atom is -0.466 e. The molecule has 10 nitrogen and oxygen atoms in total. The molecule has 3 rings (SSSR count). The van der Waals surface area contributed by atoms with Crippen molar-refractivity contribution in [2.75, 3.05) is 37.7 Å². The van der Waals surface area contributed by atoms with Gasteiger partial charge in [-0.1, -0.05) is 0 Å². The molecule has 0 unspecified atom stereocenters. The van der Waals surface area contributed by atoms with Gasteiger partial charge < -0.3 is 19.3 Å². The van der Waals surface area contributed by atoms with E-state index in [2.05, 4.69) is 0 Å². The number of nitrogens with zero attached hydrogens (tertiary/aromatic N) is 3. The topological polar surface area (TPSA) is 119 Å². The van der Waals surface area contributed by atoms with Gasteiger partial charge in [0, 0.05) is 32.2 Å². The van der Waals surface area contributed by atoms with Crippen LogP contribution in [0.2, 0.25) is 0 Å². The van der Waals surface area contributed by atoms with E-state index in [-0.39, 0.29) is 29.0 Å². The average Bonchev–Trinajstić information content (AvgIpc) is 3.33. The fourth-order valence-corrected chi connectivity index (χ4v) is 4.15. The number of amides is 1. The predicted octanol–water partition coefficient (Wildman–Crippen LogP) is 2.54. The van der Waals surface area contributed by atoms with Gasteiger partial charge in [0.15, 0.2) is 6.10 Å². The van der Waals surface area contributed by atoms with Gasteiger partial charge in [-0.05, 0) is 51.7 Å². The summed E-state index contributed by atoms with van der Waals surface area (Å²) in [4.78, 5) is 51.6. The number of carbonyl (C=O) groups is 3. The van der Waals surface area contributed by atoms with E-state index in [4.69, 9.17) is 9.47 Å². The fraction of sp³-hybridized carbons (Fsp3) is 0.591. The number of esters is 2. The summed E-state index contributed by atoms with van der Waals surface area (Å²) < 4.78 is 10.3. The molecule has 0 aliphatic carbocycles. The standard InChI is InChI=1S/C22H29N3O7/c1-3-31-21(27)16-8-12-24(13-9-16)20(26)15(2)32-22(28)17-6-7-18(19(14-17)25(29)30)23-10-4-5-11-23/h6-7,14-16H,3-5,8-13H2,1-2H3/t15-/m0/s1. The molecule has 0 aromatic heterocycles. The number of hydrogen-bond donors (Lipinski definition) is 0. The molecule has 2 heterocycles. The maximum Gasteiger partial charge on any atom is 0.339 e. The molecule has 0 N–H and O–H groups in total. The average molecular weight is 447 g/mol. The third kappa shape index (κ3) is 5.35. The molecule has 1 aromatic carbocycles. The molecular formula is C22H29N3O7. The highest BCUT2D eigenvalue weighted by molar-refractivity contribution is 5.93. The Balaban J connectivity index is 1.60. The van der Waals surface area contributed by atoms with E-state index in [1.165, 1.54) is 19.1 Å². The number of nitro benzene ring substituents is 1. The monoisotopic (exact) mass is 447 g/mol. The number of anilines is 1. The Morgan fingerprint density at radius 2 is 1.81 bits per heavy atom. The number of carbonyl (C=O) groups excluding carboxylic acids is 3. The smallest absolute Gasteiger partial charge is 0.339 e. The van der Waals surface area contributed by atoms with Gasteiger partial charge in [0.2, 0.25) is 0 Å². The fourth-order valence-electron chi connectivity index (χ4n) is 4.15. The Morgan fingerprint density at radius 3 is 2.41 bits per heavy atom. The normalized spacial score (nSPS) is 17.7. The third-order valence-electron chi connectivity index (χ3n) is 5.91. The molecule has 1 aromatic rings. The Bertz CT molecular complexity index is 874. The highest BCUT2D eigenvalue weighted by Gasteiger charge is 2.32. The van der Waals surface area contributed by atoms with Crippen molar-refractivity contribution >= 4 is 29.2 Å². The Labute approximate surface area is 186 Å². The van der Waals surface area contributed by atoms with Crippen LogP contribution in [0.4, 0.5) is 11.4 Å². The van der Waals surface area contributed by atoms with Crippen molar-refractivity contribution in [2.45, 2.75) is 45.6 Å². The van der Waals surface area contributed by atoms with E-state index in [9.17, 15) is 24.5 Å². The van der Waals surface area contributed by atoms with Crippen molar-refractivity contribution < 1.29 is 28.8 Å². The highest BCUT2D eigenvalue weighted by atomic mass is 16.6. The first-order valence-corrected chi connectivity index (χ1v) is 11.0. The molecule has 2 aliphatic rings. The summed E-state index contributed by atoms with van der Waals surface area (Å²) in [6, 6.07) is 4.26. The molecule has 10 heteroatoms. The maximum atomic E-state index is 12.7. The van der Waals surface area contributed by atoms with Gasteiger partial charge in [-0.3, -0.25) is 19.7 Å². The molecule has 0 bridgehead atoms. The van der Waals surface area contributed by atoms with E-state index in [1.54, 1.807) is 17.9 Å². The molecule has 0 spiro atoms. The van der Waals surface area contributed by atoms with Gasteiger partial charge >= 0.3 is 11.9 Å². The van der Waals surface area contributed by atoms with Crippen LogP contribution < -0.4 is 4.90 Å². The minimum atomic E-state index is -1.04. The second kappa shape index (κ2) is 10.4. The van der Waals surface area contributed by atoms with Crippen LogP contribution in [0.3, 0.4) is 0 Å². The number of benzene rings is 1. The van der Waals surface area contributed by atoms with Gasteiger partial charge in [-0.25, -0.2) is 4.79 Å². The lowest BCUT2D eigenvalue weighted by Gasteiger charge is -2.32. The molecule has 2 saturated heterocycles. The minimum absolute atomic E-state index is 0.0281. The molecule has 2 fully saturated rings. The quantitative estimate of drug-likeness (QED) is 0.355. The molecular weight excluding hydrogens is 418 g/mol. The van der Waals surface area contributed by atoms with E-state index in [0.717, 1.165) is 25.9 Å². The summed E-state index contributed by atoms with van der Waals surface area (Å²) in [5, 5.41) is 11.5. The second-order valence-electron chi connectivity index (χ2n) is 8.05. The number of rotatable bonds is 7. The van der Waals surface area contributed by atoms with Crippen molar-refractivity contribution in [1.82, 2.24) is 4.90 Å². The van der Waals surface area contributed by atoms with Gasteiger partial charge in [0.05, 0.1) is 23.0 Å². The Morgan fingerprint density at radius 1 is 1.16 bits per heavy atom. The van der Waals surface area contributed by atoms with Crippen LogP contribution in [0.5, 0.6) is 0 Å². The van der Waals surface area contributed by atoms with Crippen LogP contribution in [-0.4, -0.2) is 66.6 Å². The maximum absolute atomic E-state index is 12.7. The van der Waals surface area contributed by atoms with E-state index in [0.29, 0.717) is 38.2 Å². The molecule has 174 valence electrons. The molecule has 0 saturated carbocycles. The summed E-state index contributed by atoms with van der Waals surface area (Å²) in [5.74, 6) is -1.63. The lowest BCUT2D eigenvalue weighted by atomic mass is 9.97. The van der Waals surface area contributed by atoms with Crippen molar-refractivity contribution in [3.05, 3.63) is 33.9 Å². The SMILES string of the molecule is CCOC(=O)C1CCN(C(=O)[C@H](C)OC(=O)c2ccc(N3CCCC3)c([N+](=O)[O-])c2)CC1. The first kappa shape index (κ1) is 23.5. The summed E-state index contributed by atoms with van der Waals surface area (Å²) in [5.41, 5.74) is 0.360. The van der Waals surface area contributed by atoms with Crippen molar-refractivity contribution in [3.8, 4) is 0 Å². The zero-order chi connectivity index (χ0) is 23.3. The summed E-state index contributed by atoms with van der Waals surface area (Å²) in [6.07, 6.45) is 1.89. The number of likely N-dealkylation sites (tertiary alicyclic amines) is 1. The number of ether oxygens (including phenoxy) is 2. The molecule has 0 radical (unpaired) electrons.